The lowest BCUT2D eigenvalue weighted by Gasteiger charge is -2.27. The van der Waals surface area contributed by atoms with Gasteiger partial charge in [0, 0.05) is 17.7 Å². The van der Waals surface area contributed by atoms with Gasteiger partial charge in [-0.05, 0) is 35.6 Å². The van der Waals surface area contributed by atoms with Gasteiger partial charge in [-0.25, -0.2) is 0 Å². The summed E-state index contributed by atoms with van der Waals surface area (Å²) in [5.41, 5.74) is 0.124. The van der Waals surface area contributed by atoms with Crippen LogP contribution in [0.25, 0.3) is 0 Å². The summed E-state index contributed by atoms with van der Waals surface area (Å²) in [5.74, 6) is -2.34. The standard InChI is InChI=1S/C19H19N3O6/c1-20(2)9-10-21-16(12-5-7-13(8-6-12)22(26)27)15(18(24)19(21)25)17(23)14-4-3-11-28-14/h3-8,11,16,24H,9-10H2,1-2H3. The SMILES string of the molecule is C[NH+](C)CCN1C(=O)C([O-])=C(C(=O)c2ccco2)C1c1ccc([N+](=O)[O-])cc1. The summed E-state index contributed by atoms with van der Waals surface area (Å²) in [6.45, 7) is 0.814. The number of furan rings is 1. The largest absolute Gasteiger partial charge is 0.868 e. The van der Waals surface area contributed by atoms with Crippen LogP contribution in [0, 0.1) is 10.1 Å². The molecule has 28 heavy (non-hydrogen) atoms. The van der Waals surface area contributed by atoms with Gasteiger partial charge in [0.25, 0.3) is 5.69 Å². The van der Waals surface area contributed by atoms with Crippen LogP contribution in [-0.2, 0) is 4.79 Å². The van der Waals surface area contributed by atoms with Gasteiger partial charge in [-0.3, -0.25) is 19.7 Å². The number of likely N-dealkylation sites (N-methyl/N-ethyl adjacent to an activating group) is 1. The van der Waals surface area contributed by atoms with Gasteiger partial charge in [-0.2, -0.15) is 0 Å². The molecule has 1 aliphatic heterocycles. The number of rotatable bonds is 7. The summed E-state index contributed by atoms with van der Waals surface area (Å²) in [7, 11) is 3.81. The zero-order chi connectivity index (χ0) is 20.4. The third kappa shape index (κ3) is 3.52. The van der Waals surface area contributed by atoms with Gasteiger partial charge >= 0.3 is 0 Å². The highest BCUT2D eigenvalue weighted by Crippen LogP contribution is 2.38. The van der Waals surface area contributed by atoms with Crippen LogP contribution in [-0.4, -0.2) is 48.7 Å². The van der Waals surface area contributed by atoms with Crippen LogP contribution in [0.4, 0.5) is 5.69 Å². The number of hydrogen-bond donors (Lipinski definition) is 1. The second-order valence-electron chi connectivity index (χ2n) is 6.76. The highest BCUT2D eigenvalue weighted by atomic mass is 16.6. The van der Waals surface area contributed by atoms with Crippen molar-refractivity contribution < 1.29 is 28.9 Å². The molecule has 0 spiro atoms. The molecule has 1 aliphatic rings. The Hall–Kier alpha value is -3.46. The first-order chi connectivity index (χ1) is 13.3. The molecule has 2 heterocycles. The van der Waals surface area contributed by atoms with Gasteiger partial charge in [0.15, 0.2) is 5.76 Å². The number of Topliss-reactive ketones (excluding diaryl/α,β-unsaturated/α-hetero) is 1. The number of nitrogens with zero attached hydrogens (tertiary/aromatic N) is 2. The average Bonchev–Trinajstić information content (AvgIpc) is 3.28. The van der Waals surface area contributed by atoms with Gasteiger partial charge in [0.2, 0.25) is 11.7 Å². The van der Waals surface area contributed by atoms with E-state index in [9.17, 15) is 24.8 Å². The fourth-order valence-corrected chi connectivity index (χ4v) is 3.11. The molecule has 0 saturated heterocycles. The molecule has 0 fully saturated rings. The number of hydrogen-bond acceptors (Lipinski definition) is 6. The topological polar surface area (TPSA) is 121 Å². The molecule has 1 unspecified atom stereocenters. The molecule has 146 valence electrons. The number of benzene rings is 1. The maximum Gasteiger partial charge on any atom is 0.269 e. The van der Waals surface area contributed by atoms with Crippen molar-refractivity contribution >= 4 is 17.4 Å². The predicted octanol–water partition coefficient (Wildman–Crippen LogP) is -0.287. The van der Waals surface area contributed by atoms with E-state index in [1.807, 2.05) is 14.1 Å². The number of nitro groups is 1. The summed E-state index contributed by atoms with van der Waals surface area (Å²) < 4.78 is 5.11. The van der Waals surface area contributed by atoms with E-state index >= 15 is 0 Å². The molecular weight excluding hydrogens is 366 g/mol. The van der Waals surface area contributed by atoms with Crippen LogP contribution in [0.1, 0.15) is 22.2 Å². The van der Waals surface area contributed by atoms with E-state index in [0.717, 1.165) is 4.90 Å². The summed E-state index contributed by atoms with van der Waals surface area (Å²) in [4.78, 5) is 38.3. The lowest BCUT2D eigenvalue weighted by atomic mass is 9.95. The van der Waals surface area contributed by atoms with Crippen molar-refractivity contribution in [2.24, 2.45) is 0 Å². The molecule has 1 amide bonds. The van der Waals surface area contributed by atoms with Crippen molar-refractivity contribution in [3.8, 4) is 0 Å². The van der Waals surface area contributed by atoms with E-state index in [4.69, 9.17) is 4.42 Å². The van der Waals surface area contributed by atoms with Crippen LogP contribution >= 0.6 is 0 Å². The highest BCUT2D eigenvalue weighted by molar-refractivity contribution is 6.14. The minimum atomic E-state index is -0.919. The summed E-state index contributed by atoms with van der Waals surface area (Å²) in [6, 6.07) is 7.51. The average molecular weight is 385 g/mol. The van der Waals surface area contributed by atoms with Crippen LogP contribution in [0.5, 0.6) is 0 Å². The monoisotopic (exact) mass is 385 g/mol. The summed E-state index contributed by atoms with van der Waals surface area (Å²) in [5, 5.41) is 23.6. The fraction of sp³-hybridized carbons (Fsp3) is 0.263. The maximum atomic E-state index is 12.9. The van der Waals surface area contributed by atoms with Crippen molar-refractivity contribution in [2.45, 2.75) is 6.04 Å². The molecule has 0 radical (unpaired) electrons. The Kier molecular flexibility index (Phi) is 5.27. The first kappa shape index (κ1) is 19.3. The minimum Gasteiger partial charge on any atom is -0.868 e. The summed E-state index contributed by atoms with van der Waals surface area (Å²) >= 11 is 0. The second-order valence-corrected chi connectivity index (χ2v) is 6.76. The molecule has 0 bridgehead atoms. The van der Waals surface area contributed by atoms with Crippen molar-refractivity contribution in [2.75, 3.05) is 27.2 Å². The molecule has 0 aliphatic carbocycles. The van der Waals surface area contributed by atoms with Gasteiger partial charge in [0.1, 0.15) is 0 Å². The third-order valence-corrected chi connectivity index (χ3v) is 4.55. The van der Waals surface area contributed by atoms with Crippen LogP contribution in [0.15, 0.2) is 58.4 Å². The first-order valence-electron chi connectivity index (χ1n) is 8.65. The number of amides is 1. The maximum absolute atomic E-state index is 12.9. The number of carbonyl (C=O) groups is 2. The molecular formula is C19H19N3O6. The fourth-order valence-electron chi connectivity index (χ4n) is 3.11. The minimum absolute atomic E-state index is 0.0388. The Morgan fingerprint density at radius 1 is 1.25 bits per heavy atom. The smallest absolute Gasteiger partial charge is 0.269 e. The Balaban J connectivity index is 2.05. The number of nitrogens with one attached hydrogen (secondary N) is 1. The Labute approximate surface area is 160 Å². The molecule has 9 heteroatoms. The lowest BCUT2D eigenvalue weighted by Crippen LogP contribution is -3.06. The molecule has 1 atom stereocenters. The second kappa shape index (κ2) is 7.65. The van der Waals surface area contributed by atoms with E-state index < -0.39 is 28.4 Å². The molecule has 3 rings (SSSR count). The van der Waals surface area contributed by atoms with E-state index in [0.29, 0.717) is 12.1 Å². The van der Waals surface area contributed by atoms with Crippen molar-refractivity contribution in [3.63, 3.8) is 0 Å². The van der Waals surface area contributed by atoms with E-state index in [1.165, 1.54) is 47.6 Å². The van der Waals surface area contributed by atoms with Gasteiger partial charge in [0.05, 0.1) is 44.4 Å². The normalized spacial score (nSPS) is 16.9. The molecule has 1 N–H and O–H groups in total. The van der Waals surface area contributed by atoms with Crippen molar-refractivity contribution in [1.82, 2.24) is 4.90 Å². The molecule has 1 aromatic carbocycles. The molecule has 1 aromatic heterocycles. The molecule has 2 aromatic rings. The van der Waals surface area contributed by atoms with Crippen molar-refractivity contribution in [3.05, 3.63) is 75.4 Å². The van der Waals surface area contributed by atoms with Gasteiger partial charge in [-0.15, -0.1) is 0 Å². The Morgan fingerprint density at radius 2 is 1.93 bits per heavy atom. The number of quaternary nitrogens is 1. The number of nitro benzene ring substituents is 1. The van der Waals surface area contributed by atoms with E-state index in [1.54, 1.807) is 0 Å². The van der Waals surface area contributed by atoms with Gasteiger partial charge in [-0.1, -0.05) is 0 Å². The number of carbonyl (C=O) groups excluding carboxylic acids is 2. The third-order valence-electron chi connectivity index (χ3n) is 4.55. The lowest BCUT2D eigenvalue weighted by molar-refractivity contribution is -0.857. The Bertz CT molecular complexity index is 931. The zero-order valence-electron chi connectivity index (χ0n) is 15.4. The van der Waals surface area contributed by atoms with Gasteiger partial charge < -0.3 is 19.3 Å². The highest BCUT2D eigenvalue weighted by Gasteiger charge is 2.40. The summed E-state index contributed by atoms with van der Waals surface area (Å²) in [6.07, 6.45) is 1.31. The number of ketones is 1. The molecule has 0 saturated carbocycles. The number of non-ortho nitro benzene ring substituents is 1. The van der Waals surface area contributed by atoms with Crippen molar-refractivity contribution in [1.29, 1.82) is 0 Å². The zero-order valence-corrected chi connectivity index (χ0v) is 15.4. The quantitative estimate of drug-likeness (QED) is 0.397. The first-order valence-corrected chi connectivity index (χ1v) is 8.65. The molecule has 9 nitrogen and oxygen atoms in total. The predicted molar refractivity (Wildman–Crippen MR) is 95.3 cm³/mol. The Morgan fingerprint density at radius 3 is 2.46 bits per heavy atom. The van der Waals surface area contributed by atoms with Crippen LogP contribution in [0.3, 0.4) is 0 Å². The van der Waals surface area contributed by atoms with E-state index in [-0.39, 0.29) is 23.6 Å². The van der Waals surface area contributed by atoms with E-state index in [2.05, 4.69) is 0 Å². The van der Waals surface area contributed by atoms with Crippen LogP contribution < -0.4 is 10.0 Å². The van der Waals surface area contributed by atoms with Crippen LogP contribution in [0.2, 0.25) is 0 Å².